The van der Waals surface area contributed by atoms with Gasteiger partial charge in [-0.15, -0.1) is 0 Å². The van der Waals surface area contributed by atoms with E-state index in [1.54, 1.807) is 31.0 Å². The number of hydrogen-bond donors (Lipinski definition) is 0. The van der Waals surface area contributed by atoms with Crippen molar-refractivity contribution >= 4 is 35.2 Å². The van der Waals surface area contributed by atoms with Crippen molar-refractivity contribution < 1.29 is 23.9 Å². The van der Waals surface area contributed by atoms with Crippen LogP contribution in [0, 0.1) is 0 Å². The lowest BCUT2D eigenvalue weighted by molar-refractivity contribution is -0.156. The lowest BCUT2D eigenvalue weighted by Crippen LogP contribution is -2.44. The number of carbonyl (C=O) groups is 4. The van der Waals surface area contributed by atoms with E-state index in [0.29, 0.717) is 31.0 Å². The van der Waals surface area contributed by atoms with Gasteiger partial charge < -0.3 is 14.5 Å². The number of likely N-dealkylation sites (tertiary alicyclic amines) is 1. The highest BCUT2D eigenvalue weighted by Gasteiger charge is 2.37. The molecule has 1 atom stereocenters. The zero-order valence-corrected chi connectivity index (χ0v) is 16.9. The van der Waals surface area contributed by atoms with Crippen molar-refractivity contribution in [3.05, 3.63) is 34.9 Å². The van der Waals surface area contributed by atoms with E-state index in [0.717, 1.165) is 5.56 Å². The molecule has 1 aromatic rings. The first-order chi connectivity index (χ1) is 13.3. The fraction of sp³-hybridized carbons (Fsp3) is 0.500. The Bertz CT molecular complexity index is 735. The number of rotatable bonds is 8. The Labute approximate surface area is 169 Å². The monoisotopic (exact) mass is 408 g/mol. The maximum atomic E-state index is 12.5. The van der Waals surface area contributed by atoms with Crippen LogP contribution in [0.3, 0.4) is 0 Å². The molecule has 28 heavy (non-hydrogen) atoms. The summed E-state index contributed by atoms with van der Waals surface area (Å²) in [5, 5.41) is 0.626. The normalized spacial score (nSPS) is 16.0. The summed E-state index contributed by atoms with van der Waals surface area (Å²) < 4.78 is 4.74. The van der Waals surface area contributed by atoms with Gasteiger partial charge in [-0.2, -0.15) is 0 Å². The van der Waals surface area contributed by atoms with E-state index in [9.17, 15) is 19.2 Å². The predicted molar refractivity (Wildman–Crippen MR) is 104 cm³/mol. The summed E-state index contributed by atoms with van der Waals surface area (Å²) >= 11 is 5.85. The molecule has 1 aliphatic rings. The molecule has 1 heterocycles. The van der Waals surface area contributed by atoms with Gasteiger partial charge in [-0.3, -0.25) is 14.4 Å². The van der Waals surface area contributed by atoms with Crippen LogP contribution in [0.2, 0.25) is 5.02 Å². The summed E-state index contributed by atoms with van der Waals surface area (Å²) in [6.07, 6.45) is 1.12. The van der Waals surface area contributed by atoms with E-state index in [1.807, 2.05) is 12.1 Å². The highest BCUT2D eigenvalue weighted by molar-refractivity contribution is 6.36. The van der Waals surface area contributed by atoms with Crippen LogP contribution in [0.15, 0.2) is 24.3 Å². The molecule has 8 heteroatoms. The molecule has 2 rings (SSSR count). The summed E-state index contributed by atoms with van der Waals surface area (Å²) in [5.74, 6) is -2.07. The van der Waals surface area contributed by atoms with Gasteiger partial charge in [0.15, 0.2) is 0 Å². The molecular weight excluding hydrogens is 384 g/mol. The third-order valence-electron chi connectivity index (χ3n) is 4.66. The van der Waals surface area contributed by atoms with Gasteiger partial charge in [0.2, 0.25) is 11.8 Å². The number of nitrogens with zero attached hydrogens (tertiary/aromatic N) is 2. The van der Waals surface area contributed by atoms with Crippen molar-refractivity contribution in [3.63, 3.8) is 0 Å². The Morgan fingerprint density at radius 3 is 2.50 bits per heavy atom. The second-order valence-corrected chi connectivity index (χ2v) is 7.14. The highest BCUT2D eigenvalue weighted by Crippen LogP contribution is 2.20. The number of ether oxygens (including phenoxy) is 1. The van der Waals surface area contributed by atoms with Crippen molar-refractivity contribution in [1.29, 1.82) is 0 Å². The molecule has 1 aromatic carbocycles. The van der Waals surface area contributed by atoms with E-state index in [-0.39, 0.29) is 31.3 Å². The van der Waals surface area contributed by atoms with Crippen LogP contribution in [-0.2, 0) is 30.5 Å². The standard InChI is InChI=1S/C20H25ClN2O5/c1-3-28-20(27)19(26)16-5-4-12-23(16)18(25)11-10-17(24)22(2)13-14-6-8-15(21)9-7-14/h6-9,16H,3-5,10-13H2,1-2H3. The van der Waals surface area contributed by atoms with Crippen LogP contribution in [0.4, 0.5) is 0 Å². The minimum absolute atomic E-state index is 0.00357. The summed E-state index contributed by atoms with van der Waals surface area (Å²) in [6, 6.07) is 6.41. The number of esters is 1. The van der Waals surface area contributed by atoms with Gasteiger partial charge in [-0.05, 0) is 37.5 Å². The van der Waals surface area contributed by atoms with Crippen molar-refractivity contribution in [1.82, 2.24) is 9.80 Å². The van der Waals surface area contributed by atoms with Crippen LogP contribution in [-0.4, -0.2) is 59.6 Å². The number of benzene rings is 1. The van der Waals surface area contributed by atoms with Gasteiger partial charge in [0.1, 0.15) is 6.04 Å². The first-order valence-corrected chi connectivity index (χ1v) is 9.70. The van der Waals surface area contributed by atoms with Gasteiger partial charge in [0.25, 0.3) is 5.78 Å². The Morgan fingerprint density at radius 2 is 1.86 bits per heavy atom. The molecular formula is C20H25ClN2O5. The minimum Gasteiger partial charge on any atom is -0.460 e. The Kier molecular flexibility index (Phi) is 7.99. The van der Waals surface area contributed by atoms with Crippen LogP contribution in [0.25, 0.3) is 0 Å². The van der Waals surface area contributed by atoms with E-state index in [1.165, 1.54) is 4.90 Å². The molecule has 7 nitrogen and oxygen atoms in total. The van der Waals surface area contributed by atoms with Crippen LogP contribution in [0.5, 0.6) is 0 Å². The first kappa shape index (κ1) is 21.9. The zero-order valence-electron chi connectivity index (χ0n) is 16.2. The lowest BCUT2D eigenvalue weighted by atomic mass is 10.1. The number of ketones is 1. The molecule has 1 saturated heterocycles. The molecule has 0 saturated carbocycles. The van der Waals surface area contributed by atoms with Gasteiger partial charge in [-0.1, -0.05) is 23.7 Å². The Morgan fingerprint density at radius 1 is 1.18 bits per heavy atom. The van der Waals surface area contributed by atoms with Crippen molar-refractivity contribution in [2.24, 2.45) is 0 Å². The van der Waals surface area contributed by atoms with Crippen molar-refractivity contribution in [3.8, 4) is 0 Å². The molecule has 0 aromatic heterocycles. The number of Topliss-reactive ketones (excluding diaryl/α,β-unsaturated/α-hetero) is 1. The fourth-order valence-corrected chi connectivity index (χ4v) is 3.30. The van der Waals surface area contributed by atoms with Gasteiger partial charge in [0.05, 0.1) is 6.61 Å². The van der Waals surface area contributed by atoms with Crippen LogP contribution < -0.4 is 0 Å². The third kappa shape index (κ3) is 5.79. The summed E-state index contributed by atoms with van der Waals surface area (Å²) in [5.41, 5.74) is 0.936. The predicted octanol–water partition coefficient (Wildman–Crippen LogP) is 2.20. The zero-order chi connectivity index (χ0) is 20.7. The van der Waals surface area contributed by atoms with Crippen LogP contribution in [0.1, 0.15) is 38.2 Å². The molecule has 0 aliphatic carbocycles. The van der Waals surface area contributed by atoms with E-state index in [2.05, 4.69) is 0 Å². The second-order valence-electron chi connectivity index (χ2n) is 6.71. The average Bonchev–Trinajstić information content (AvgIpc) is 3.17. The lowest BCUT2D eigenvalue weighted by Gasteiger charge is -2.23. The molecule has 2 amide bonds. The summed E-state index contributed by atoms with van der Waals surface area (Å²) in [6.45, 7) is 2.55. The average molecular weight is 409 g/mol. The second kappa shape index (κ2) is 10.2. The molecule has 0 bridgehead atoms. The molecule has 1 unspecified atom stereocenters. The fourth-order valence-electron chi connectivity index (χ4n) is 3.18. The maximum Gasteiger partial charge on any atom is 0.376 e. The molecule has 0 radical (unpaired) electrons. The highest BCUT2D eigenvalue weighted by atomic mass is 35.5. The smallest absolute Gasteiger partial charge is 0.376 e. The SMILES string of the molecule is CCOC(=O)C(=O)C1CCCN1C(=O)CCC(=O)N(C)Cc1ccc(Cl)cc1. The van der Waals surface area contributed by atoms with Gasteiger partial charge >= 0.3 is 5.97 Å². The van der Waals surface area contributed by atoms with E-state index >= 15 is 0 Å². The third-order valence-corrected chi connectivity index (χ3v) is 4.92. The number of carbonyl (C=O) groups excluding carboxylic acids is 4. The molecule has 1 fully saturated rings. The molecule has 152 valence electrons. The van der Waals surface area contributed by atoms with Crippen molar-refractivity contribution in [2.45, 2.75) is 45.2 Å². The number of amides is 2. The topological polar surface area (TPSA) is 84.0 Å². The minimum atomic E-state index is -0.911. The summed E-state index contributed by atoms with van der Waals surface area (Å²) in [7, 11) is 1.67. The largest absolute Gasteiger partial charge is 0.460 e. The molecule has 1 aliphatic heterocycles. The first-order valence-electron chi connectivity index (χ1n) is 9.32. The van der Waals surface area contributed by atoms with Gasteiger partial charge in [0, 0.05) is 38.0 Å². The van der Waals surface area contributed by atoms with Crippen molar-refractivity contribution in [2.75, 3.05) is 20.2 Å². The maximum absolute atomic E-state index is 12.5. The van der Waals surface area contributed by atoms with E-state index in [4.69, 9.17) is 16.3 Å². The summed E-state index contributed by atoms with van der Waals surface area (Å²) in [4.78, 5) is 51.6. The van der Waals surface area contributed by atoms with E-state index < -0.39 is 17.8 Å². The molecule has 0 N–H and O–H groups in total. The Hall–Kier alpha value is -2.41. The Balaban J connectivity index is 1.86. The quantitative estimate of drug-likeness (QED) is 0.486. The van der Waals surface area contributed by atoms with Gasteiger partial charge in [-0.25, -0.2) is 4.79 Å². The number of hydrogen-bond acceptors (Lipinski definition) is 5. The van der Waals surface area contributed by atoms with Crippen LogP contribution >= 0.6 is 11.6 Å². The molecule has 0 spiro atoms. The number of halogens is 1.